The fraction of sp³-hybridized carbons (Fsp3) is 0.500. The number of hydrogen-bond donors (Lipinski definition) is 0. The molecule has 0 saturated carbocycles. The summed E-state index contributed by atoms with van der Waals surface area (Å²) in [6.07, 6.45) is 0.804. The lowest BCUT2D eigenvalue weighted by molar-refractivity contribution is -0.120. The molecule has 3 rings (SSSR count). The molecule has 2 aliphatic heterocycles. The van der Waals surface area contributed by atoms with Crippen molar-refractivity contribution in [3.05, 3.63) is 47.2 Å². The van der Waals surface area contributed by atoms with Gasteiger partial charge in [-0.3, -0.25) is 14.6 Å². The molecule has 1 aromatic rings. The Balaban J connectivity index is 1.74. The van der Waals surface area contributed by atoms with E-state index in [4.69, 9.17) is 4.74 Å². The largest absolute Gasteiger partial charge is 0.443 e. The average Bonchev–Trinajstić information content (AvgIpc) is 2.53. The summed E-state index contributed by atoms with van der Waals surface area (Å²) in [6, 6.07) is 10.3. The summed E-state index contributed by atoms with van der Waals surface area (Å²) in [5, 5.41) is 0. The Morgan fingerprint density at radius 1 is 1.16 bits per heavy atom. The van der Waals surface area contributed by atoms with Crippen molar-refractivity contribution in [1.82, 2.24) is 9.80 Å². The quantitative estimate of drug-likeness (QED) is 0.827. The molecule has 2 heterocycles. The van der Waals surface area contributed by atoms with Crippen LogP contribution in [0.3, 0.4) is 0 Å². The molecule has 5 nitrogen and oxygen atoms in total. The van der Waals surface area contributed by atoms with Gasteiger partial charge in [0.05, 0.1) is 6.54 Å². The van der Waals surface area contributed by atoms with Gasteiger partial charge in [-0.2, -0.15) is 0 Å². The molecule has 5 heteroatoms. The van der Waals surface area contributed by atoms with E-state index in [9.17, 15) is 9.59 Å². The first kappa shape index (κ1) is 17.7. The predicted molar refractivity (Wildman–Crippen MR) is 95.9 cm³/mol. The van der Waals surface area contributed by atoms with Crippen molar-refractivity contribution in [2.45, 2.75) is 45.8 Å². The summed E-state index contributed by atoms with van der Waals surface area (Å²) in [4.78, 5) is 28.5. The van der Waals surface area contributed by atoms with Crippen LogP contribution in [0.4, 0.5) is 4.79 Å². The predicted octanol–water partition coefficient (Wildman–Crippen LogP) is 3.36. The Bertz CT molecular complexity index is 689. The second-order valence-electron chi connectivity index (χ2n) is 7.78. The third kappa shape index (κ3) is 4.48. The lowest BCUT2D eigenvalue weighted by Gasteiger charge is -2.38. The SMILES string of the molecule is CC(C)(C)OC(=O)N1CC(=O)CC2=C1CCN(Cc1ccccc1)C2. The Labute approximate surface area is 149 Å². The zero-order valence-corrected chi connectivity index (χ0v) is 15.2. The van der Waals surface area contributed by atoms with E-state index in [1.54, 1.807) is 4.90 Å². The second-order valence-corrected chi connectivity index (χ2v) is 7.78. The molecule has 1 aromatic carbocycles. The molecule has 0 aromatic heterocycles. The number of ether oxygens (including phenoxy) is 1. The summed E-state index contributed by atoms with van der Waals surface area (Å²) in [6.45, 7) is 8.12. The molecule has 0 fully saturated rings. The molecule has 0 N–H and O–H groups in total. The minimum atomic E-state index is -0.563. The van der Waals surface area contributed by atoms with Crippen molar-refractivity contribution in [1.29, 1.82) is 0 Å². The molecule has 25 heavy (non-hydrogen) atoms. The third-order valence-electron chi connectivity index (χ3n) is 4.42. The normalized spacial score (nSPS) is 19.0. The lowest BCUT2D eigenvalue weighted by atomic mass is 9.95. The smallest absolute Gasteiger partial charge is 0.414 e. The Morgan fingerprint density at radius 2 is 1.88 bits per heavy atom. The summed E-state index contributed by atoms with van der Waals surface area (Å²) in [7, 11) is 0. The summed E-state index contributed by atoms with van der Waals surface area (Å²) < 4.78 is 5.48. The molecule has 0 radical (unpaired) electrons. The first-order chi connectivity index (χ1) is 11.8. The molecular formula is C20H26N2O3. The van der Waals surface area contributed by atoms with Crippen molar-refractivity contribution >= 4 is 11.9 Å². The zero-order valence-electron chi connectivity index (χ0n) is 15.2. The van der Waals surface area contributed by atoms with Gasteiger partial charge in [0.15, 0.2) is 5.78 Å². The molecule has 2 aliphatic rings. The van der Waals surface area contributed by atoms with Gasteiger partial charge in [0.25, 0.3) is 0 Å². The minimum absolute atomic E-state index is 0.0752. The standard InChI is InChI=1S/C20H26N2O3/c1-20(2,3)25-19(24)22-14-17(23)11-16-13-21(10-9-18(16)22)12-15-7-5-4-6-8-15/h4-8H,9-14H2,1-3H3. The molecular weight excluding hydrogens is 316 g/mol. The molecule has 0 unspecified atom stereocenters. The Morgan fingerprint density at radius 3 is 2.56 bits per heavy atom. The van der Waals surface area contributed by atoms with E-state index in [2.05, 4.69) is 17.0 Å². The number of carbonyl (C=O) groups is 2. The van der Waals surface area contributed by atoms with E-state index < -0.39 is 11.7 Å². The number of hydrogen-bond acceptors (Lipinski definition) is 4. The van der Waals surface area contributed by atoms with Gasteiger partial charge in [-0.05, 0) is 31.9 Å². The van der Waals surface area contributed by atoms with E-state index in [1.807, 2.05) is 39.0 Å². The molecule has 1 amide bonds. The van der Waals surface area contributed by atoms with Crippen molar-refractivity contribution in [2.24, 2.45) is 0 Å². The van der Waals surface area contributed by atoms with Gasteiger partial charge in [0, 0.05) is 38.2 Å². The maximum Gasteiger partial charge on any atom is 0.414 e. The highest BCUT2D eigenvalue weighted by molar-refractivity contribution is 5.89. The van der Waals surface area contributed by atoms with E-state index in [0.717, 1.165) is 37.3 Å². The van der Waals surface area contributed by atoms with Crippen LogP contribution in [0.5, 0.6) is 0 Å². The van der Waals surface area contributed by atoms with Gasteiger partial charge >= 0.3 is 6.09 Å². The van der Waals surface area contributed by atoms with Crippen LogP contribution in [-0.4, -0.2) is 46.9 Å². The van der Waals surface area contributed by atoms with Crippen LogP contribution in [0, 0.1) is 0 Å². The van der Waals surface area contributed by atoms with Gasteiger partial charge in [-0.1, -0.05) is 30.3 Å². The Kier molecular flexibility index (Phi) is 4.95. The number of amides is 1. The first-order valence-electron chi connectivity index (χ1n) is 8.81. The monoisotopic (exact) mass is 342 g/mol. The van der Waals surface area contributed by atoms with Crippen LogP contribution < -0.4 is 0 Å². The zero-order chi connectivity index (χ0) is 18.0. The van der Waals surface area contributed by atoms with Crippen LogP contribution >= 0.6 is 0 Å². The first-order valence-corrected chi connectivity index (χ1v) is 8.81. The second kappa shape index (κ2) is 7.00. The topological polar surface area (TPSA) is 49.9 Å². The van der Waals surface area contributed by atoms with Crippen molar-refractivity contribution in [3.8, 4) is 0 Å². The van der Waals surface area contributed by atoms with Crippen LogP contribution in [-0.2, 0) is 16.1 Å². The van der Waals surface area contributed by atoms with E-state index >= 15 is 0 Å². The highest BCUT2D eigenvalue weighted by Gasteiger charge is 2.34. The van der Waals surface area contributed by atoms with E-state index in [0.29, 0.717) is 6.42 Å². The molecule has 0 saturated heterocycles. The summed E-state index contributed by atoms with van der Waals surface area (Å²) in [5.41, 5.74) is 2.74. The molecule has 0 bridgehead atoms. The van der Waals surface area contributed by atoms with Gasteiger partial charge < -0.3 is 4.74 Å². The molecule has 0 atom stereocenters. The van der Waals surface area contributed by atoms with E-state index in [-0.39, 0.29) is 12.3 Å². The van der Waals surface area contributed by atoms with Crippen LogP contribution in [0.15, 0.2) is 41.6 Å². The number of benzene rings is 1. The molecule has 0 aliphatic carbocycles. The van der Waals surface area contributed by atoms with E-state index in [1.165, 1.54) is 5.56 Å². The average molecular weight is 342 g/mol. The maximum absolute atomic E-state index is 12.5. The highest BCUT2D eigenvalue weighted by atomic mass is 16.6. The molecule has 0 spiro atoms. The fourth-order valence-corrected chi connectivity index (χ4v) is 3.40. The van der Waals surface area contributed by atoms with Crippen LogP contribution in [0.25, 0.3) is 0 Å². The van der Waals surface area contributed by atoms with Crippen molar-refractivity contribution in [3.63, 3.8) is 0 Å². The maximum atomic E-state index is 12.5. The van der Waals surface area contributed by atoms with Crippen LogP contribution in [0.1, 0.15) is 39.2 Å². The third-order valence-corrected chi connectivity index (χ3v) is 4.42. The highest BCUT2D eigenvalue weighted by Crippen LogP contribution is 2.30. The number of nitrogens with zero attached hydrogens (tertiary/aromatic N) is 2. The molecule has 134 valence electrons. The summed E-state index contributed by atoms with van der Waals surface area (Å²) >= 11 is 0. The fourth-order valence-electron chi connectivity index (χ4n) is 3.40. The number of carbonyl (C=O) groups excluding carboxylic acids is 2. The lowest BCUT2D eigenvalue weighted by Crippen LogP contribution is -2.46. The van der Waals surface area contributed by atoms with Crippen LogP contribution in [0.2, 0.25) is 0 Å². The summed E-state index contributed by atoms with van der Waals surface area (Å²) in [5.74, 6) is 0.0752. The van der Waals surface area contributed by atoms with Gasteiger partial charge in [0.1, 0.15) is 5.60 Å². The number of Topliss-reactive ketones (excluding diaryl/α,β-unsaturated/α-hetero) is 1. The van der Waals surface area contributed by atoms with Crippen molar-refractivity contribution < 1.29 is 14.3 Å². The van der Waals surface area contributed by atoms with Gasteiger partial charge in [-0.15, -0.1) is 0 Å². The minimum Gasteiger partial charge on any atom is -0.443 e. The Hall–Kier alpha value is -2.14. The number of ketones is 1. The number of rotatable bonds is 2. The van der Waals surface area contributed by atoms with Crippen molar-refractivity contribution in [2.75, 3.05) is 19.6 Å². The van der Waals surface area contributed by atoms with Gasteiger partial charge in [0.2, 0.25) is 0 Å². The van der Waals surface area contributed by atoms with Gasteiger partial charge in [-0.25, -0.2) is 4.79 Å².